The van der Waals surface area contributed by atoms with Crippen molar-refractivity contribution in [3.8, 4) is 0 Å². The molecule has 0 atom stereocenters. The monoisotopic (exact) mass is 283 g/mol. The first-order valence-corrected chi connectivity index (χ1v) is 6.75. The van der Waals surface area contributed by atoms with Gasteiger partial charge in [-0.15, -0.1) is 0 Å². The van der Waals surface area contributed by atoms with Crippen molar-refractivity contribution in [3.63, 3.8) is 0 Å². The van der Waals surface area contributed by atoms with Gasteiger partial charge in [0.05, 0.1) is 19.4 Å². The van der Waals surface area contributed by atoms with E-state index in [1.54, 1.807) is 13.2 Å². The Morgan fingerprint density at radius 2 is 2.39 bits per heavy atom. The van der Waals surface area contributed by atoms with Gasteiger partial charge in [0.15, 0.2) is 3.95 Å². The van der Waals surface area contributed by atoms with Crippen LogP contribution in [0.15, 0.2) is 22.8 Å². The minimum Gasteiger partial charge on any atom is -0.467 e. The summed E-state index contributed by atoms with van der Waals surface area (Å²) in [6, 6.07) is 3.70. The molecule has 0 saturated carbocycles. The van der Waals surface area contributed by atoms with Gasteiger partial charge in [0.2, 0.25) is 0 Å². The predicted octanol–water partition coefficient (Wildman–Crippen LogP) is 3.41. The quantitative estimate of drug-likeness (QED) is 0.637. The van der Waals surface area contributed by atoms with Gasteiger partial charge in [0, 0.05) is 5.69 Å². The molecule has 18 heavy (non-hydrogen) atoms. The van der Waals surface area contributed by atoms with Crippen LogP contribution in [0.1, 0.15) is 28.0 Å². The fourth-order valence-corrected chi connectivity index (χ4v) is 2.94. The van der Waals surface area contributed by atoms with Crippen LogP contribution >= 0.6 is 23.6 Å². The first-order valence-electron chi connectivity index (χ1n) is 5.53. The van der Waals surface area contributed by atoms with Gasteiger partial charge >= 0.3 is 5.97 Å². The van der Waals surface area contributed by atoms with Crippen molar-refractivity contribution in [3.05, 3.63) is 38.7 Å². The highest BCUT2D eigenvalue weighted by molar-refractivity contribution is 7.73. The van der Waals surface area contributed by atoms with Crippen LogP contribution in [0.3, 0.4) is 0 Å². The average Bonchev–Trinajstić information content (AvgIpc) is 2.93. The number of rotatable bonds is 4. The number of carbonyl (C=O) groups is 1. The van der Waals surface area contributed by atoms with E-state index in [1.807, 2.05) is 23.6 Å². The van der Waals surface area contributed by atoms with Crippen molar-refractivity contribution in [1.29, 1.82) is 0 Å². The zero-order valence-electron chi connectivity index (χ0n) is 10.1. The maximum absolute atomic E-state index is 11.7. The molecule has 0 spiro atoms. The Balaban J connectivity index is 2.32. The third-order valence-electron chi connectivity index (χ3n) is 2.50. The Kier molecular flexibility index (Phi) is 3.98. The van der Waals surface area contributed by atoms with Gasteiger partial charge in [-0.3, -0.25) is 0 Å². The minimum atomic E-state index is -0.315. The molecule has 0 unspecified atom stereocenters. The summed E-state index contributed by atoms with van der Waals surface area (Å²) < 4.78 is 12.8. The van der Waals surface area contributed by atoms with E-state index in [1.165, 1.54) is 11.3 Å². The number of nitrogens with zero attached hydrogens (tertiary/aromatic N) is 1. The number of aromatic nitrogens is 1. The molecule has 96 valence electrons. The van der Waals surface area contributed by atoms with E-state index < -0.39 is 0 Å². The van der Waals surface area contributed by atoms with Crippen LogP contribution in [-0.2, 0) is 11.3 Å². The molecule has 2 heterocycles. The molecular weight excluding hydrogens is 270 g/mol. The molecule has 0 amide bonds. The van der Waals surface area contributed by atoms with Crippen LogP contribution in [0.25, 0.3) is 0 Å². The van der Waals surface area contributed by atoms with Crippen molar-refractivity contribution in [2.24, 2.45) is 0 Å². The van der Waals surface area contributed by atoms with Crippen LogP contribution in [0.5, 0.6) is 0 Å². The molecule has 0 N–H and O–H groups in total. The summed E-state index contributed by atoms with van der Waals surface area (Å²) in [5, 5.41) is 0. The Morgan fingerprint density at radius 1 is 1.61 bits per heavy atom. The maximum atomic E-state index is 11.7. The third kappa shape index (κ3) is 2.54. The van der Waals surface area contributed by atoms with Crippen LogP contribution in [0.2, 0.25) is 0 Å². The normalized spacial score (nSPS) is 10.6. The number of thiazole rings is 1. The van der Waals surface area contributed by atoms with Gasteiger partial charge in [0.25, 0.3) is 0 Å². The summed E-state index contributed by atoms with van der Waals surface area (Å²) in [5.74, 6) is 0.492. The molecule has 0 aliphatic carbocycles. The van der Waals surface area contributed by atoms with Gasteiger partial charge in [-0.05, 0) is 38.2 Å². The van der Waals surface area contributed by atoms with Gasteiger partial charge in [-0.2, -0.15) is 0 Å². The second-order valence-electron chi connectivity index (χ2n) is 3.67. The highest BCUT2D eigenvalue weighted by atomic mass is 32.1. The number of carbonyl (C=O) groups excluding carboxylic acids is 1. The topological polar surface area (TPSA) is 44.4 Å². The molecule has 2 aromatic heterocycles. The molecule has 2 rings (SSSR count). The zero-order chi connectivity index (χ0) is 13.1. The summed E-state index contributed by atoms with van der Waals surface area (Å²) in [6.45, 7) is 4.54. The van der Waals surface area contributed by atoms with E-state index >= 15 is 0 Å². The predicted molar refractivity (Wildman–Crippen MR) is 71.6 cm³/mol. The van der Waals surface area contributed by atoms with Crippen molar-refractivity contribution in [1.82, 2.24) is 4.57 Å². The lowest BCUT2D eigenvalue weighted by Crippen LogP contribution is -2.07. The fraction of sp³-hybridized carbons (Fsp3) is 0.333. The van der Waals surface area contributed by atoms with Crippen molar-refractivity contribution in [2.75, 3.05) is 6.61 Å². The highest BCUT2D eigenvalue weighted by Crippen LogP contribution is 2.21. The lowest BCUT2D eigenvalue weighted by molar-refractivity contribution is 0.0530. The van der Waals surface area contributed by atoms with E-state index in [9.17, 15) is 4.79 Å². The van der Waals surface area contributed by atoms with Gasteiger partial charge < -0.3 is 13.7 Å². The Bertz CT molecular complexity index is 595. The summed E-state index contributed by atoms with van der Waals surface area (Å²) >= 11 is 6.54. The van der Waals surface area contributed by atoms with E-state index in [-0.39, 0.29) is 5.97 Å². The number of hydrogen-bond acceptors (Lipinski definition) is 5. The first kappa shape index (κ1) is 13.0. The molecule has 6 heteroatoms. The zero-order valence-corrected chi connectivity index (χ0v) is 11.8. The van der Waals surface area contributed by atoms with E-state index in [0.717, 1.165) is 11.5 Å². The average molecular weight is 283 g/mol. The van der Waals surface area contributed by atoms with Crippen molar-refractivity contribution >= 4 is 29.5 Å². The molecular formula is C12H13NO3S2. The Hall–Kier alpha value is -1.40. The Morgan fingerprint density at radius 3 is 3.00 bits per heavy atom. The second kappa shape index (κ2) is 5.49. The largest absolute Gasteiger partial charge is 0.467 e. The summed E-state index contributed by atoms with van der Waals surface area (Å²) in [4.78, 5) is 12.3. The van der Waals surface area contributed by atoms with Crippen LogP contribution in [0, 0.1) is 10.9 Å². The summed E-state index contributed by atoms with van der Waals surface area (Å²) in [5.41, 5.74) is 0.819. The molecule has 2 aromatic rings. The van der Waals surface area contributed by atoms with Gasteiger partial charge in [-0.1, -0.05) is 11.3 Å². The SMILES string of the molecule is CCOC(=O)c1sc(=S)n(Cc2ccco2)c1C. The van der Waals surface area contributed by atoms with Crippen LogP contribution < -0.4 is 0 Å². The van der Waals surface area contributed by atoms with E-state index in [0.29, 0.717) is 22.0 Å². The van der Waals surface area contributed by atoms with Crippen LogP contribution in [-0.4, -0.2) is 17.1 Å². The summed E-state index contributed by atoms with van der Waals surface area (Å²) in [7, 11) is 0. The molecule has 0 aromatic carbocycles. The first-order chi connectivity index (χ1) is 8.63. The van der Waals surface area contributed by atoms with Gasteiger partial charge in [0.1, 0.15) is 10.6 Å². The smallest absolute Gasteiger partial charge is 0.350 e. The standard InChI is InChI=1S/C12H13NO3S2/c1-3-15-11(14)10-8(2)13(12(17)18-10)7-9-5-4-6-16-9/h4-6H,3,7H2,1-2H3. The molecule has 0 aliphatic rings. The second-order valence-corrected chi connectivity index (χ2v) is 5.31. The highest BCUT2D eigenvalue weighted by Gasteiger charge is 2.17. The molecule has 0 bridgehead atoms. The molecule has 0 fully saturated rings. The van der Waals surface area contributed by atoms with Crippen LogP contribution in [0.4, 0.5) is 0 Å². The number of hydrogen-bond donors (Lipinski definition) is 0. The number of ether oxygens (including phenoxy) is 1. The van der Waals surface area contributed by atoms with Crippen molar-refractivity contribution < 1.29 is 13.9 Å². The van der Waals surface area contributed by atoms with Gasteiger partial charge in [-0.25, -0.2) is 4.79 Å². The lowest BCUT2D eigenvalue weighted by atomic mass is 10.3. The number of furan rings is 1. The maximum Gasteiger partial charge on any atom is 0.350 e. The molecule has 4 nitrogen and oxygen atoms in total. The third-order valence-corrected chi connectivity index (χ3v) is 4.03. The number of esters is 1. The summed E-state index contributed by atoms with van der Waals surface area (Å²) in [6.07, 6.45) is 1.62. The fourth-order valence-electron chi connectivity index (χ4n) is 1.60. The minimum absolute atomic E-state index is 0.315. The Labute approximate surface area is 114 Å². The van der Waals surface area contributed by atoms with E-state index in [2.05, 4.69) is 0 Å². The lowest BCUT2D eigenvalue weighted by Gasteiger charge is -2.04. The molecule has 0 radical (unpaired) electrons. The molecule has 0 aliphatic heterocycles. The van der Waals surface area contributed by atoms with Crippen molar-refractivity contribution in [2.45, 2.75) is 20.4 Å². The van der Waals surface area contributed by atoms with E-state index in [4.69, 9.17) is 21.4 Å². The molecule has 0 saturated heterocycles.